The number of aryl methyl sites for hydroxylation is 6. The summed E-state index contributed by atoms with van der Waals surface area (Å²) >= 11 is 0. The molecule has 4 rings (SSSR count). The highest BCUT2D eigenvalue weighted by molar-refractivity contribution is 5.49. The monoisotopic (exact) mass is 532 g/mol. The summed E-state index contributed by atoms with van der Waals surface area (Å²) in [4.78, 5) is 0. The molecule has 0 saturated heterocycles. The molecule has 0 aliphatic heterocycles. The Balaban J connectivity index is 1.29. The van der Waals surface area contributed by atoms with Crippen molar-refractivity contribution in [3.05, 3.63) is 60.2 Å². The topological polar surface area (TPSA) is 111 Å². The Kier molecular flexibility index (Phi) is 9.08. The Bertz CT molecular complexity index is 1320. The molecule has 39 heavy (non-hydrogen) atoms. The van der Waals surface area contributed by atoms with Gasteiger partial charge in [-0.25, -0.2) is 9.13 Å². The van der Waals surface area contributed by atoms with Crippen LogP contribution in [0.25, 0.3) is 0 Å². The van der Waals surface area contributed by atoms with Crippen LogP contribution in [0.5, 0.6) is 11.5 Å². The van der Waals surface area contributed by atoms with Gasteiger partial charge < -0.3 is 9.47 Å². The van der Waals surface area contributed by atoms with E-state index in [1.807, 2.05) is 61.6 Å². The van der Waals surface area contributed by atoms with E-state index in [1.165, 1.54) is 0 Å². The molecule has 0 bridgehead atoms. The Labute approximate surface area is 228 Å². The third kappa shape index (κ3) is 6.89. The van der Waals surface area contributed by atoms with Crippen molar-refractivity contribution in [3.8, 4) is 11.5 Å². The first-order chi connectivity index (χ1) is 18.9. The van der Waals surface area contributed by atoms with Crippen LogP contribution in [0.1, 0.15) is 30.4 Å². The van der Waals surface area contributed by atoms with Crippen LogP contribution in [-0.4, -0.2) is 33.8 Å². The molecule has 0 N–H and O–H groups in total. The van der Waals surface area contributed by atoms with Gasteiger partial charge >= 0.3 is 11.9 Å². The van der Waals surface area contributed by atoms with Gasteiger partial charge in [-0.15, -0.1) is 9.36 Å². The van der Waals surface area contributed by atoms with Crippen LogP contribution in [0, 0.1) is 0 Å². The second kappa shape index (κ2) is 12.9. The van der Waals surface area contributed by atoms with Crippen LogP contribution in [0.2, 0.25) is 0 Å². The summed E-state index contributed by atoms with van der Waals surface area (Å²) in [6.07, 6.45) is 8.44. The summed E-state index contributed by atoms with van der Waals surface area (Å²) in [5.41, 5.74) is 3.80. The number of azo groups is 2. The fourth-order valence-electron chi connectivity index (χ4n) is 4.26. The average molecular weight is 533 g/mol. The summed E-state index contributed by atoms with van der Waals surface area (Å²) in [7, 11) is 10.8. The van der Waals surface area contributed by atoms with Gasteiger partial charge in [-0.1, -0.05) is 28.8 Å². The highest BCUT2D eigenvalue weighted by Crippen LogP contribution is 2.29. The van der Waals surface area contributed by atoms with Gasteiger partial charge in [-0.3, -0.25) is 0 Å². The van der Waals surface area contributed by atoms with Crippen molar-refractivity contribution in [1.29, 1.82) is 0 Å². The highest BCUT2D eigenvalue weighted by atomic mass is 16.5. The highest BCUT2D eigenvalue weighted by Gasteiger charge is 2.13. The lowest BCUT2D eigenvalue weighted by atomic mass is 10.0. The number of hydrogen-bond donors (Lipinski definition) is 0. The summed E-state index contributed by atoms with van der Waals surface area (Å²) < 4.78 is 18.2. The molecule has 4 aromatic rings. The van der Waals surface area contributed by atoms with Crippen molar-refractivity contribution in [3.63, 3.8) is 0 Å². The molecule has 12 heteroatoms. The van der Waals surface area contributed by atoms with Crippen LogP contribution in [0.4, 0.5) is 23.3 Å². The van der Waals surface area contributed by atoms with E-state index >= 15 is 0 Å². The Morgan fingerprint density at radius 1 is 0.667 bits per heavy atom. The fourth-order valence-corrected chi connectivity index (χ4v) is 4.26. The number of nitrogens with zero attached hydrogens (tertiary/aromatic N) is 10. The molecule has 0 radical (unpaired) electrons. The van der Waals surface area contributed by atoms with E-state index in [2.05, 4.69) is 42.8 Å². The van der Waals surface area contributed by atoms with E-state index in [0.29, 0.717) is 11.9 Å². The average Bonchev–Trinajstić information content (AvgIpc) is 3.45. The van der Waals surface area contributed by atoms with E-state index in [9.17, 15) is 0 Å². The zero-order valence-electron chi connectivity index (χ0n) is 23.4. The molecule has 0 fully saturated rings. The first-order valence-electron chi connectivity index (χ1n) is 12.8. The zero-order valence-corrected chi connectivity index (χ0v) is 23.4. The first kappa shape index (κ1) is 27.6. The second-order valence-electron chi connectivity index (χ2n) is 9.28. The molecule has 2 aromatic carbocycles. The number of rotatable bonds is 12. The number of unbranched alkanes of at least 4 members (excludes halogenated alkanes) is 2. The molecular weight excluding hydrogens is 496 g/mol. The van der Waals surface area contributed by atoms with Crippen molar-refractivity contribution in [2.24, 2.45) is 48.6 Å². The van der Waals surface area contributed by atoms with Crippen molar-refractivity contribution in [2.45, 2.75) is 32.1 Å². The summed E-state index contributed by atoms with van der Waals surface area (Å²) in [6, 6.07) is 11.9. The Morgan fingerprint density at radius 3 is 1.46 bits per heavy atom. The zero-order chi connectivity index (χ0) is 27.8. The number of methoxy groups -OCH3 is 2. The van der Waals surface area contributed by atoms with Gasteiger partial charge in [0.2, 0.25) is 12.7 Å². The lowest BCUT2D eigenvalue weighted by Gasteiger charge is -2.10. The van der Waals surface area contributed by atoms with E-state index in [0.717, 1.165) is 66.1 Å². The van der Waals surface area contributed by atoms with Crippen LogP contribution < -0.4 is 18.6 Å². The summed E-state index contributed by atoms with van der Waals surface area (Å²) in [5, 5.41) is 25.7. The molecule has 204 valence electrons. The maximum absolute atomic E-state index is 5.63. The van der Waals surface area contributed by atoms with E-state index in [1.54, 1.807) is 36.2 Å². The maximum Gasteiger partial charge on any atom is 0.403 e. The number of ether oxygens (including phenoxy) is 2. The van der Waals surface area contributed by atoms with Crippen molar-refractivity contribution >= 4 is 23.3 Å². The maximum atomic E-state index is 5.63. The molecule has 12 nitrogen and oxygen atoms in total. The smallest absolute Gasteiger partial charge is 0.403 e. The molecule has 0 aliphatic carbocycles. The minimum absolute atomic E-state index is 0.660. The van der Waals surface area contributed by atoms with Crippen LogP contribution >= 0.6 is 0 Å². The minimum atomic E-state index is 0.660. The molecule has 0 aliphatic rings. The normalized spacial score (nSPS) is 11.6. The first-order valence-corrected chi connectivity index (χ1v) is 12.8. The van der Waals surface area contributed by atoms with Gasteiger partial charge in [0.05, 0.1) is 42.4 Å². The lowest BCUT2D eigenvalue weighted by Crippen LogP contribution is -2.25. The van der Waals surface area contributed by atoms with Gasteiger partial charge in [0, 0.05) is 22.4 Å². The van der Waals surface area contributed by atoms with Gasteiger partial charge in [-0.05, 0) is 59.1 Å². The molecule has 0 spiro atoms. The molecule has 0 unspecified atom stereocenters. The molecule has 2 aromatic heterocycles. The predicted molar refractivity (Wildman–Crippen MR) is 144 cm³/mol. The third-order valence-electron chi connectivity index (χ3n) is 6.45. The number of hydrogen-bond acceptors (Lipinski definition) is 8. The van der Waals surface area contributed by atoms with Crippen molar-refractivity contribution < 1.29 is 18.6 Å². The van der Waals surface area contributed by atoms with E-state index in [4.69, 9.17) is 9.47 Å². The van der Waals surface area contributed by atoms with Gasteiger partial charge in [0.1, 0.15) is 22.9 Å². The molecule has 0 atom stereocenters. The second-order valence-corrected chi connectivity index (χ2v) is 9.28. The van der Waals surface area contributed by atoms with Gasteiger partial charge in [0.25, 0.3) is 0 Å². The van der Waals surface area contributed by atoms with E-state index < -0.39 is 0 Å². The quantitative estimate of drug-likeness (QED) is 0.151. The summed E-state index contributed by atoms with van der Waals surface area (Å²) in [6.45, 7) is 0. The van der Waals surface area contributed by atoms with Crippen LogP contribution in [0.15, 0.2) is 69.5 Å². The molecular formula is C27H36N10O2+2. The SMILES string of the molecule is COc1cc(N=Nc2n(C)nc[n+]2C)ccc1CCCCCc1ccc(N=Nc2n(C)nc[n+]2C)cc1OC. The number of aromatic nitrogens is 6. The Hall–Kier alpha value is -4.48. The van der Waals surface area contributed by atoms with Gasteiger partial charge in [-0.2, -0.15) is 0 Å². The standard InChI is InChI=1S/C27H36N10O2/c1-34-18-28-36(3)26(34)32-30-22-14-12-20(24(16-22)38-5)10-8-7-9-11-21-13-15-23(17-25(21)39-6)31-33-27-35(2)19-29-37(27)4/h12-19H,7-11H2,1-6H3/q+2. The summed E-state index contributed by atoms with van der Waals surface area (Å²) in [5.74, 6) is 2.97. The predicted octanol–water partition coefficient (Wildman–Crippen LogP) is 4.61. The lowest BCUT2D eigenvalue weighted by molar-refractivity contribution is -0.659. The Morgan fingerprint density at radius 2 is 1.10 bits per heavy atom. The number of benzene rings is 2. The fraction of sp³-hybridized carbons (Fsp3) is 0.407. The molecule has 2 heterocycles. The van der Waals surface area contributed by atoms with Gasteiger partial charge in [0.15, 0.2) is 0 Å². The van der Waals surface area contributed by atoms with Crippen LogP contribution in [0.3, 0.4) is 0 Å². The molecule has 0 saturated carbocycles. The minimum Gasteiger partial charge on any atom is -0.496 e. The third-order valence-corrected chi connectivity index (χ3v) is 6.45. The molecule has 0 amide bonds. The van der Waals surface area contributed by atoms with Crippen LogP contribution in [-0.2, 0) is 41.0 Å². The largest absolute Gasteiger partial charge is 0.496 e. The van der Waals surface area contributed by atoms with E-state index in [-0.39, 0.29) is 0 Å². The van der Waals surface area contributed by atoms with Crippen molar-refractivity contribution in [2.75, 3.05) is 14.2 Å². The van der Waals surface area contributed by atoms with Crippen molar-refractivity contribution in [1.82, 2.24) is 19.6 Å².